The maximum atomic E-state index is 12.8. The van der Waals surface area contributed by atoms with E-state index in [1.165, 1.54) is 0 Å². The molecule has 2 heterocycles. The Hall–Kier alpha value is -3.90. The Balaban J connectivity index is 1.60. The lowest BCUT2D eigenvalue weighted by atomic mass is 10.1. The fourth-order valence-corrected chi connectivity index (χ4v) is 3.45. The molecular weight excluding hydrogens is 414 g/mol. The van der Waals surface area contributed by atoms with Gasteiger partial charge in [-0.1, -0.05) is 47.1 Å². The maximum absolute atomic E-state index is 12.8. The number of para-hydroxylation sites is 3. The summed E-state index contributed by atoms with van der Waals surface area (Å²) >= 11 is 5.94. The van der Waals surface area contributed by atoms with E-state index in [-0.39, 0.29) is 6.54 Å². The average Bonchev–Trinajstić information content (AvgIpc) is 3.20. The third-order valence-corrected chi connectivity index (χ3v) is 5.13. The first kappa shape index (κ1) is 19.1. The molecule has 2 aromatic heterocycles. The van der Waals surface area contributed by atoms with Crippen molar-refractivity contribution in [2.75, 3.05) is 0 Å². The van der Waals surface area contributed by atoms with E-state index in [2.05, 4.69) is 10.1 Å². The predicted octanol–water partition coefficient (Wildman–Crippen LogP) is 5.28. The molecule has 0 aliphatic carbocycles. The molecular formula is C24H16ClN3O3. The zero-order chi connectivity index (χ0) is 21.2. The van der Waals surface area contributed by atoms with E-state index in [9.17, 15) is 4.79 Å². The van der Waals surface area contributed by atoms with Gasteiger partial charge in [0.15, 0.2) is 5.75 Å². The van der Waals surface area contributed by atoms with Gasteiger partial charge in [0.1, 0.15) is 11.3 Å². The average molecular weight is 430 g/mol. The Morgan fingerprint density at radius 1 is 1.03 bits per heavy atom. The summed E-state index contributed by atoms with van der Waals surface area (Å²) in [6.45, 7) is 0.275. The third kappa shape index (κ3) is 3.93. The van der Waals surface area contributed by atoms with Crippen LogP contribution in [0.25, 0.3) is 22.0 Å². The van der Waals surface area contributed by atoms with Crippen molar-refractivity contribution in [3.05, 3.63) is 106 Å². The van der Waals surface area contributed by atoms with Crippen LogP contribution in [0.1, 0.15) is 5.56 Å². The van der Waals surface area contributed by atoms with Gasteiger partial charge in [0.2, 0.25) is 0 Å². The standard InChI is InChI=1S/C24H16ClN3O3/c25-17-9-11-18(12-10-17)31-27-21(14-28-15-26-20-6-2-3-7-22(20)28)19-13-16-5-1-4-8-23(16)30-24(19)29/h1-13,15H,14H2/b27-21-. The minimum Gasteiger partial charge on any atom is -0.422 e. The second kappa shape index (κ2) is 8.08. The van der Waals surface area contributed by atoms with Gasteiger partial charge in [-0.15, -0.1) is 0 Å². The minimum atomic E-state index is -0.485. The number of nitrogens with zero attached hydrogens (tertiary/aromatic N) is 3. The quantitative estimate of drug-likeness (QED) is 0.216. The van der Waals surface area contributed by atoms with E-state index < -0.39 is 5.63 Å². The molecule has 0 spiro atoms. The Morgan fingerprint density at radius 2 is 1.81 bits per heavy atom. The van der Waals surface area contributed by atoms with Crippen LogP contribution in [0.5, 0.6) is 5.75 Å². The molecule has 0 saturated carbocycles. The van der Waals surface area contributed by atoms with Gasteiger partial charge >= 0.3 is 5.63 Å². The number of rotatable bonds is 5. The Kier molecular flexibility index (Phi) is 4.98. The first-order valence-corrected chi connectivity index (χ1v) is 9.98. The highest BCUT2D eigenvalue weighted by atomic mass is 35.5. The molecule has 0 saturated heterocycles. The topological polar surface area (TPSA) is 69.6 Å². The molecule has 5 rings (SSSR count). The van der Waals surface area contributed by atoms with Crippen LogP contribution in [0, 0.1) is 0 Å². The largest absolute Gasteiger partial charge is 0.422 e. The van der Waals surface area contributed by atoms with Gasteiger partial charge < -0.3 is 13.8 Å². The summed E-state index contributed by atoms with van der Waals surface area (Å²) in [7, 11) is 0. The van der Waals surface area contributed by atoms with Gasteiger partial charge in [0.05, 0.1) is 29.5 Å². The van der Waals surface area contributed by atoms with Crippen molar-refractivity contribution in [1.29, 1.82) is 0 Å². The molecule has 0 atom stereocenters. The molecule has 0 amide bonds. The van der Waals surface area contributed by atoms with Gasteiger partial charge in [0, 0.05) is 10.4 Å². The van der Waals surface area contributed by atoms with Crippen molar-refractivity contribution >= 4 is 39.3 Å². The molecule has 0 bridgehead atoms. The summed E-state index contributed by atoms with van der Waals surface area (Å²) < 4.78 is 7.42. The molecule has 0 aliphatic heterocycles. The van der Waals surface area contributed by atoms with Crippen LogP contribution in [-0.4, -0.2) is 15.3 Å². The number of hydrogen-bond acceptors (Lipinski definition) is 5. The smallest absolute Gasteiger partial charge is 0.345 e. The fourth-order valence-electron chi connectivity index (χ4n) is 3.33. The number of oxime groups is 1. The number of aromatic nitrogens is 2. The maximum Gasteiger partial charge on any atom is 0.345 e. The van der Waals surface area contributed by atoms with Crippen LogP contribution < -0.4 is 10.5 Å². The molecule has 6 nitrogen and oxygen atoms in total. The SMILES string of the molecule is O=c1oc2ccccc2cc1/C(Cn1cnc2ccccc21)=N\Oc1ccc(Cl)cc1. The molecule has 0 fully saturated rings. The van der Waals surface area contributed by atoms with Crippen LogP contribution >= 0.6 is 11.6 Å². The lowest BCUT2D eigenvalue weighted by Gasteiger charge is -2.09. The number of hydrogen-bond donors (Lipinski definition) is 0. The van der Waals surface area contributed by atoms with E-state index in [0.29, 0.717) is 27.6 Å². The van der Waals surface area contributed by atoms with Crippen molar-refractivity contribution in [2.24, 2.45) is 5.16 Å². The molecule has 0 aliphatic rings. The van der Waals surface area contributed by atoms with Gasteiger partial charge in [-0.3, -0.25) is 0 Å². The van der Waals surface area contributed by atoms with Crippen LogP contribution in [0.4, 0.5) is 0 Å². The molecule has 3 aromatic carbocycles. The van der Waals surface area contributed by atoms with Crippen molar-refractivity contribution in [1.82, 2.24) is 9.55 Å². The van der Waals surface area contributed by atoms with Gasteiger partial charge in [-0.05, 0) is 48.5 Å². The summed E-state index contributed by atoms with van der Waals surface area (Å²) in [4.78, 5) is 22.8. The van der Waals surface area contributed by atoms with Crippen LogP contribution in [0.15, 0.2) is 99.6 Å². The highest BCUT2D eigenvalue weighted by Crippen LogP contribution is 2.18. The van der Waals surface area contributed by atoms with E-state index >= 15 is 0 Å². The predicted molar refractivity (Wildman–Crippen MR) is 121 cm³/mol. The van der Waals surface area contributed by atoms with Crippen LogP contribution in [0.2, 0.25) is 5.02 Å². The number of halogens is 1. The Labute approximate surface area is 182 Å². The summed E-state index contributed by atoms with van der Waals surface area (Å²) in [5.74, 6) is 0.502. The molecule has 152 valence electrons. The second-order valence-electron chi connectivity index (χ2n) is 6.93. The summed E-state index contributed by atoms with van der Waals surface area (Å²) in [6.07, 6.45) is 1.71. The molecule has 0 unspecified atom stereocenters. The van der Waals surface area contributed by atoms with Gasteiger partial charge in [-0.25, -0.2) is 9.78 Å². The highest BCUT2D eigenvalue weighted by Gasteiger charge is 2.15. The molecule has 7 heteroatoms. The third-order valence-electron chi connectivity index (χ3n) is 4.87. The number of fused-ring (bicyclic) bond motifs is 2. The van der Waals surface area contributed by atoms with Crippen molar-refractivity contribution in [3.8, 4) is 5.75 Å². The van der Waals surface area contributed by atoms with Gasteiger partial charge in [-0.2, -0.15) is 0 Å². The molecule has 0 radical (unpaired) electrons. The fraction of sp³-hybridized carbons (Fsp3) is 0.0417. The number of imidazole rings is 1. The van der Waals surface area contributed by atoms with Crippen LogP contribution in [-0.2, 0) is 6.54 Å². The Morgan fingerprint density at radius 3 is 2.68 bits per heavy atom. The highest BCUT2D eigenvalue weighted by molar-refractivity contribution is 6.30. The van der Waals surface area contributed by atoms with E-state index in [0.717, 1.165) is 16.4 Å². The van der Waals surface area contributed by atoms with E-state index in [4.69, 9.17) is 20.9 Å². The zero-order valence-corrected chi connectivity index (χ0v) is 17.0. The van der Waals surface area contributed by atoms with E-state index in [1.807, 2.05) is 47.0 Å². The van der Waals surface area contributed by atoms with Crippen molar-refractivity contribution in [2.45, 2.75) is 6.54 Å². The van der Waals surface area contributed by atoms with Gasteiger partial charge in [0.25, 0.3) is 0 Å². The lowest BCUT2D eigenvalue weighted by Crippen LogP contribution is -2.20. The lowest BCUT2D eigenvalue weighted by molar-refractivity contribution is 0.339. The molecule has 0 N–H and O–H groups in total. The van der Waals surface area contributed by atoms with Crippen molar-refractivity contribution < 1.29 is 9.25 Å². The minimum absolute atomic E-state index is 0.275. The Bertz CT molecular complexity index is 1470. The zero-order valence-electron chi connectivity index (χ0n) is 16.2. The first-order valence-electron chi connectivity index (χ1n) is 9.60. The second-order valence-corrected chi connectivity index (χ2v) is 7.37. The summed E-state index contributed by atoms with van der Waals surface area (Å²) in [5.41, 5.74) is 2.55. The van der Waals surface area contributed by atoms with Crippen molar-refractivity contribution in [3.63, 3.8) is 0 Å². The van der Waals surface area contributed by atoms with E-state index in [1.54, 1.807) is 42.7 Å². The number of benzene rings is 3. The molecule has 31 heavy (non-hydrogen) atoms. The summed E-state index contributed by atoms with van der Waals surface area (Å²) in [5, 5.41) is 5.70. The first-order chi connectivity index (χ1) is 15.2. The monoisotopic (exact) mass is 429 g/mol. The van der Waals surface area contributed by atoms with Crippen LogP contribution in [0.3, 0.4) is 0 Å². The normalized spacial score (nSPS) is 11.8. The molecule has 5 aromatic rings. The summed E-state index contributed by atoms with van der Waals surface area (Å²) in [6, 6.07) is 23.7.